The van der Waals surface area contributed by atoms with Crippen LogP contribution in [-0.4, -0.2) is 18.0 Å². The maximum absolute atomic E-state index is 11.5. The number of hydrogen-bond donors (Lipinski definition) is 1. The Labute approximate surface area is 122 Å². The highest BCUT2D eigenvalue weighted by molar-refractivity contribution is 7.89. The van der Waals surface area contributed by atoms with Crippen LogP contribution in [0.1, 0.15) is 12.7 Å². The van der Waals surface area contributed by atoms with E-state index in [2.05, 4.69) is 4.98 Å². The molecular formula is C12H14ClN3O3S. The van der Waals surface area contributed by atoms with Crippen molar-refractivity contribution in [1.82, 2.24) is 9.55 Å². The van der Waals surface area contributed by atoms with Gasteiger partial charge in [-0.1, -0.05) is 11.6 Å². The summed E-state index contributed by atoms with van der Waals surface area (Å²) in [5, 5.41) is 5.42. The lowest BCUT2D eigenvalue weighted by Gasteiger charge is -2.11. The SMILES string of the molecule is CCn1ccnc1COc1ccc(Cl)cc1S(N)(=O)=O. The number of nitrogens with two attached hydrogens (primary N) is 1. The molecular weight excluding hydrogens is 302 g/mol. The molecule has 0 fully saturated rings. The van der Waals surface area contributed by atoms with Crippen molar-refractivity contribution in [3.8, 4) is 5.75 Å². The molecule has 1 heterocycles. The Bertz CT molecular complexity index is 712. The fourth-order valence-electron chi connectivity index (χ4n) is 1.73. The maximum atomic E-state index is 11.5. The van der Waals surface area contributed by atoms with Crippen molar-refractivity contribution >= 4 is 21.6 Å². The summed E-state index contributed by atoms with van der Waals surface area (Å²) in [6.07, 6.45) is 3.48. The van der Waals surface area contributed by atoms with Gasteiger partial charge in [-0.3, -0.25) is 0 Å². The fourth-order valence-corrected chi connectivity index (χ4v) is 2.67. The molecule has 0 amide bonds. The quantitative estimate of drug-likeness (QED) is 0.911. The van der Waals surface area contributed by atoms with Crippen molar-refractivity contribution in [2.75, 3.05) is 0 Å². The van der Waals surface area contributed by atoms with Gasteiger partial charge in [0.25, 0.3) is 0 Å². The molecule has 0 aliphatic rings. The van der Waals surface area contributed by atoms with Crippen molar-refractivity contribution in [2.45, 2.75) is 25.0 Å². The normalized spacial score (nSPS) is 11.6. The Morgan fingerprint density at radius 2 is 2.20 bits per heavy atom. The molecule has 0 aliphatic carbocycles. The molecule has 2 rings (SSSR count). The number of nitrogens with zero attached hydrogens (tertiary/aromatic N) is 2. The van der Waals surface area contributed by atoms with Crippen molar-refractivity contribution in [2.24, 2.45) is 5.14 Å². The van der Waals surface area contributed by atoms with Gasteiger partial charge < -0.3 is 9.30 Å². The van der Waals surface area contributed by atoms with E-state index in [-0.39, 0.29) is 22.3 Å². The van der Waals surface area contributed by atoms with Gasteiger partial charge in [0.15, 0.2) is 0 Å². The molecule has 2 N–H and O–H groups in total. The van der Waals surface area contributed by atoms with Gasteiger partial charge in [0, 0.05) is 24.0 Å². The smallest absolute Gasteiger partial charge is 0.241 e. The van der Waals surface area contributed by atoms with E-state index in [1.54, 1.807) is 6.20 Å². The van der Waals surface area contributed by atoms with E-state index in [1.807, 2.05) is 17.7 Å². The predicted molar refractivity (Wildman–Crippen MR) is 75.1 cm³/mol. The molecule has 6 nitrogen and oxygen atoms in total. The summed E-state index contributed by atoms with van der Waals surface area (Å²) in [5.41, 5.74) is 0. The number of halogens is 1. The minimum absolute atomic E-state index is 0.139. The Balaban J connectivity index is 2.26. The summed E-state index contributed by atoms with van der Waals surface area (Å²) in [4.78, 5) is 4.00. The lowest BCUT2D eigenvalue weighted by molar-refractivity contribution is 0.282. The highest BCUT2D eigenvalue weighted by Crippen LogP contribution is 2.26. The molecule has 0 bridgehead atoms. The third-order valence-corrected chi connectivity index (χ3v) is 3.88. The molecule has 108 valence electrons. The average Bonchev–Trinajstić information content (AvgIpc) is 2.83. The first-order chi connectivity index (χ1) is 9.41. The van der Waals surface area contributed by atoms with Crippen LogP contribution in [0, 0.1) is 0 Å². The molecule has 2 aromatic rings. The van der Waals surface area contributed by atoms with Crippen LogP contribution in [0.4, 0.5) is 0 Å². The summed E-state index contributed by atoms with van der Waals surface area (Å²) in [6, 6.07) is 4.28. The van der Waals surface area contributed by atoms with Crippen LogP contribution in [-0.2, 0) is 23.2 Å². The molecule has 0 radical (unpaired) electrons. The topological polar surface area (TPSA) is 87.2 Å². The Morgan fingerprint density at radius 3 is 2.85 bits per heavy atom. The van der Waals surface area contributed by atoms with Crippen LogP contribution in [0.25, 0.3) is 0 Å². The molecule has 0 spiro atoms. The number of imidazole rings is 1. The van der Waals surface area contributed by atoms with Gasteiger partial charge in [-0.05, 0) is 25.1 Å². The first kappa shape index (κ1) is 14.8. The third-order valence-electron chi connectivity index (χ3n) is 2.71. The summed E-state index contributed by atoms with van der Waals surface area (Å²) < 4.78 is 30.4. The Hall–Kier alpha value is -1.57. The van der Waals surface area contributed by atoms with E-state index in [4.69, 9.17) is 21.5 Å². The second-order valence-corrected chi connectivity index (χ2v) is 6.02. The second kappa shape index (κ2) is 5.82. The van der Waals surface area contributed by atoms with Crippen molar-refractivity contribution in [3.05, 3.63) is 41.4 Å². The second-order valence-electron chi connectivity index (χ2n) is 4.05. The van der Waals surface area contributed by atoms with Crippen molar-refractivity contribution in [1.29, 1.82) is 0 Å². The van der Waals surface area contributed by atoms with Crippen LogP contribution in [0.5, 0.6) is 5.75 Å². The molecule has 1 aromatic carbocycles. The van der Waals surface area contributed by atoms with Gasteiger partial charge in [-0.25, -0.2) is 18.5 Å². The molecule has 8 heteroatoms. The van der Waals surface area contributed by atoms with E-state index in [1.165, 1.54) is 18.2 Å². The van der Waals surface area contributed by atoms with Crippen LogP contribution < -0.4 is 9.88 Å². The zero-order valence-electron chi connectivity index (χ0n) is 10.8. The lowest BCUT2D eigenvalue weighted by atomic mass is 10.3. The van der Waals surface area contributed by atoms with Crippen molar-refractivity contribution in [3.63, 3.8) is 0 Å². The largest absolute Gasteiger partial charge is 0.484 e. The summed E-state index contributed by atoms with van der Waals surface area (Å²) in [5.74, 6) is 0.852. The number of aryl methyl sites for hydroxylation is 1. The highest BCUT2D eigenvalue weighted by atomic mass is 35.5. The van der Waals surface area contributed by atoms with Crippen LogP contribution in [0.3, 0.4) is 0 Å². The summed E-state index contributed by atoms with van der Waals surface area (Å²) >= 11 is 5.78. The van der Waals surface area contributed by atoms with E-state index in [0.29, 0.717) is 5.82 Å². The average molecular weight is 316 g/mol. The lowest BCUT2D eigenvalue weighted by Crippen LogP contribution is -2.14. The predicted octanol–water partition coefficient (Wildman–Crippen LogP) is 1.78. The number of benzene rings is 1. The van der Waals surface area contributed by atoms with E-state index >= 15 is 0 Å². The van der Waals surface area contributed by atoms with Gasteiger partial charge in [0.2, 0.25) is 10.0 Å². The van der Waals surface area contributed by atoms with Crippen LogP contribution in [0.2, 0.25) is 5.02 Å². The standard InChI is InChI=1S/C12H14ClN3O3S/c1-2-16-6-5-15-12(16)8-19-10-4-3-9(13)7-11(10)20(14,17)18/h3-7H,2,8H2,1H3,(H2,14,17,18). The first-order valence-electron chi connectivity index (χ1n) is 5.87. The highest BCUT2D eigenvalue weighted by Gasteiger charge is 2.16. The minimum atomic E-state index is -3.90. The van der Waals surface area contributed by atoms with Gasteiger partial charge in [0.05, 0.1) is 0 Å². The Morgan fingerprint density at radius 1 is 1.45 bits per heavy atom. The number of aromatic nitrogens is 2. The molecule has 1 aromatic heterocycles. The van der Waals surface area contributed by atoms with Gasteiger partial charge in [-0.15, -0.1) is 0 Å². The van der Waals surface area contributed by atoms with Crippen LogP contribution >= 0.6 is 11.6 Å². The van der Waals surface area contributed by atoms with Crippen molar-refractivity contribution < 1.29 is 13.2 Å². The molecule has 0 saturated carbocycles. The van der Waals surface area contributed by atoms with E-state index < -0.39 is 10.0 Å². The number of sulfonamides is 1. The number of ether oxygens (including phenoxy) is 1. The third kappa shape index (κ3) is 3.30. The van der Waals surface area contributed by atoms with Gasteiger partial charge in [0.1, 0.15) is 23.1 Å². The number of primary sulfonamides is 1. The summed E-state index contributed by atoms with van der Waals surface area (Å²) in [7, 11) is -3.90. The molecule has 0 aliphatic heterocycles. The molecule has 20 heavy (non-hydrogen) atoms. The molecule has 0 atom stereocenters. The zero-order chi connectivity index (χ0) is 14.8. The zero-order valence-corrected chi connectivity index (χ0v) is 12.4. The first-order valence-corrected chi connectivity index (χ1v) is 7.79. The van der Waals surface area contributed by atoms with Gasteiger partial charge in [-0.2, -0.15) is 0 Å². The van der Waals surface area contributed by atoms with E-state index in [0.717, 1.165) is 6.54 Å². The monoisotopic (exact) mass is 315 g/mol. The Kier molecular flexibility index (Phi) is 4.32. The summed E-state index contributed by atoms with van der Waals surface area (Å²) in [6.45, 7) is 2.87. The minimum Gasteiger partial charge on any atom is -0.484 e. The van der Waals surface area contributed by atoms with Crippen LogP contribution in [0.15, 0.2) is 35.5 Å². The molecule has 0 unspecified atom stereocenters. The van der Waals surface area contributed by atoms with E-state index in [9.17, 15) is 8.42 Å². The molecule has 0 saturated heterocycles. The number of hydrogen-bond acceptors (Lipinski definition) is 4. The maximum Gasteiger partial charge on any atom is 0.241 e. The number of rotatable bonds is 5. The van der Waals surface area contributed by atoms with Gasteiger partial charge >= 0.3 is 0 Å². The fraction of sp³-hybridized carbons (Fsp3) is 0.250.